The van der Waals surface area contributed by atoms with E-state index in [-0.39, 0.29) is 27.1 Å². The number of pyridine rings is 1. The van der Waals surface area contributed by atoms with Crippen molar-refractivity contribution >= 4 is 38.9 Å². The van der Waals surface area contributed by atoms with Gasteiger partial charge in [-0.05, 0) is 139 Å². The van der Waals surface area contributed by atoms with Gasteiger partial charge in [-0.15, -0.1) is 0 Å². The van der Waals surface area contributed by atoms with Gasteiger partial charge < -0.3 is 14.5 Å². The average Bonchev–Trinajstić information content (AvgIpc) is 4.26. The first-order valence-corrected chi connectivity index (χ1v) is 28.8. The number of rotatable bonds is 12. The first-order valence-electron chi connectivity index (χ1n) is 28.8. The predicted octanol–water partition coefficient (Wildman–Crippen LogP) is 20.0. The van der Waals surface area contributed by atoms with Crippen molar-refractivity contribution in [2.45, 2.75) is 157 Å². The van der Waals surface area contributed by atoms with E-state index in [1.807, 2.05) is 6.20 Å². The van der Waals surface area contributed by atoms with Crippen molar-refractivity contribution in [2.75, 3.05) is 16.5 Å². The fourth-order valence-electron chi connectivity index (χ4n) is 11.6. The minimum absolute atomic E-state index is 0.0275. The molecule has 10 rings (SSSR count). The van der Waals surface area contributed by atoms with Crippen molar-refractivity contribution in [1.29, 1.82) is 0 Å². The highest BCUT2D eigenvalue weighted by Gasteiger charge is 2.34. The summed E-state index contributed by atoms with van der Waals surface area (Å²) in [6.07, 6.45) is 4.40. The van der Waals surface area contributed by atoms with E-state index in [1.165, 1.54) is 72.4 Å². The van der Waals surface area contributed by atoms with Crippen LogP contribution in [0.3, 0.4) is 0 Å². The molecular formula is C74H84N4O. The molecule has 0 saturated carbocycles. The molecule has 0 atom stereocenters. The third-order valence-electron chi connectivity index (χ3n) is 16.9. The Kier molecular flexibility index (Phi) is 14.2. The van der Waals surface area contributed by atoms with Crippen molar-refractivity contribution in [3.8, 4) is 17.3 Å². The Bertz CT molecular complexity index is 3680. The van der Waals surface area contributed by atoms with Gasteiger partial charge in [-0.3, -0.25) is 4.57 Å². The van der Waals surface area contributed by atoms with Gasteiger partial charge in [0.15, 0.2) is 0 Å². The third-order valence-corrected chi connectivity index (χ3v) is 16.9. The minimum atomic E-state index is -0.369. The Morgan fingerprint density at radius 1 is 0.430 bits per heavy atom. The molecule has 9 aromatic rings. The molecule has 3 heterocycles. The number of aromatic nitrogens is 2. The van der Waals surface area contributed by atoms with Crippen molar-refractivity contribution in [1.82, 2.24) is 9.55 Å². The zero-order chi connectivity index (χ0) is 56.6. The molecule has 1 aliphatic rings. The van der Waals surface area contributed by atoms with Gasteiger partial charge in [0, 0.05) is 63.1 Å². The van der Waals surface area contributed by atoms with Crippen LogP contribution in [0.2, 0.25) is 0 Å². The third kappa shape index (κ3) is 10.7. The molecule has 0 amide bonds. The number of nitrogens with zero attached hydrogens (tertiary/aromatic N) is 4. The lowest BCUT2D eigenvalue weighted by Crippen LogP contribution is -2.28. The standard InChI is InChI=1S/C74H84N4O/c1-48(2)61-29-24-30-62(49(3)4)69(61)67-46-76(57-38-54(71(8,9)10)37-55(39-57)72(11,12)13)47-77(67)58-40-56(74(16,17)51-27-22-19-23-28-51)41-60(44-58)79-59-32-33-63-64-42-52(70(5,6)7)31-34-65(64)78(66(63)45-59)68-43-53(35-36-75-68)73(14,15)50-25-20-18-21-26-50/h18-46,48-49H,47H2,1-17H3. The van der Waals surface area contributed by atoms with Crippen LogP contribution in [0.25, 0.3) is 33.3 Å². The van der Waals surface area contributed by atoms with Gasteiger partial charge >= 0.3 is 0 Å². The van der Waals surface area contributed by atoms with Gasteiger partial charge in [-0.2, -0.15) is 0 Å². The van der Waals surface area contributed by atoms with Gasteiger partial charge in [0.05, 0.1) is 23.4 Å². The van der Waals surface area contributed by atoms with Crippen LogP contribution in [-0.2, 0) is 27.1 Å². The molecule has 0 radical (unpaired) electrons. The highest BCUT2D eigenvalue weighted by molar-refractivity contribution is 6.10. The molecule has 5 nitrogen and oxygen atoms in total. The largest absolute Gasteiger partial charge is 0.457 e. The summed E-state index contributed by atoms with van der Waals surface area (Å²) in [7, 11) is 0. The molecule has 0 saturated heterocycles. The van der Waals surface area contributed by atoms with E-state index >= 15 is 0 Å². The normalized spacial score (nSPS) is 13.8. The SMILES string of the molecule is CC(C)c1cccc(C(C)C)c1C1=CN(c2cc(C(C)(C)C)cc(C(C)(C)C)c2)CN1c1cc(Oc2ccc3c4cc(C(C)(C)C)ccc4n(-c4cc(C(C)(C)c5ccccc5)ccn4)c3c2)cc(C(C)(C)c2ccccc2)c1. The maximum Gasteiger partial charge on any atom is 0.137 e. The average molecular weight is 1050 g/mol. The molecule has 0 spiro atoms. The summed E-state index contributed by atoms with van der Waals surface area (Å²) in [5.74, 6) is 3.03. The minimum Gasteiger partial charge on any atom is -0.457 e. The monoisotopic (exact) mass is 1040 g/mol. The predicted molar refractivity (Wildman–Crippen MR) is 337 cm³/mol. The van der Waals surface area contributed by atoms with Crippen LogP contribution < -0.4 is 14.5 Å². The Morgan fingerprint density at radius 3 is 1.57 bits per heavy atom. The lowest BCUT2D eigenvalue weighted by atomic mass is 9.78. The summed E-state index contributed by atoms with van der Waals surface area (Å²) in [6, 6.07) is 60.8. The maximum absolute atomic E-state index is 7.35. The smallest absolute Gasteiger partial charge is 0.137 e. The van der Waals surface area contributed by atoms with E-state index in [0.717, 1.165) is 39.4 Å². The van der Waals surface area contributed by atoms with Crippen LogP contribution in [0.1, 0.15) is 185 Å². The number of hydrogen-bond acceptors (Lipinski definition) is 4. The van der Waals surface area contributed by atoms with Crippen LogP contribution in [-0.4, -0.2) is 16.2 Å². The lowest BCUT2D eigenvalue weighted by Gasteiger charge is -2.32. The summed E-state index contributed by atoms with van der Waals surface area (Å²) in [5, 5.41) is 2.35. The van der Waals surface area contributed by atoms with E-state index in [4.69, 9.17) is 9.72 Å². The highest BCUT2D eigenvalue weighted by Crippen LogP contribution is 2.46. The van der Waals surface area contributed by atoms with Gasteiger partial charge in [0.1, 0.15) is 17.3 Å². The topological polar surface area (TPSA) is 33.5 Å². The van der Waals surface area contributed by atoms with E-state index in [2.05, 4.69) is 302 Å². The Morgan fingerprint density at radius 2 is 1.00 bits per heavy atom. The molecule has 406 valence electrons. The van der Waals surface area contributed by atoms with Crippen LogP contribution in [0, 0.1) is 0 Å². The quantitative estimate of drug-likeness (QED) is 0.122. The Labute approximate surface area is 473 Å². The van der Waals surface area contributed by atoms with E-state index in [9.17, 15) is 0 Å². The Hall–Kier alpha value is -7.37. The Balaban J connectivity index is 1.17. The molecule has 0 N–H and O–H groups in total. The van der Waals surface area contributed by atoms with Crippen LogP contribution in [0.5, 0.6) is 11.5 Å². The summed E-state index contributed by atoms with van der Waals surface area (Å²) >= 11 is 0. The number of fused-ring (bicyclic) bond motifs is 3. The second-order valence-corrected chi connectivity index (χ2v) is 27.1. The maximum atomic E-state index is 7.35. The summed E-state index contributed by atoms with van der Waals surface area (Å²) in [6.45, 7) is 40.0. The van der Waals surface area contributed by atoms with Gasteiger partial charge in [0.25, 0.3) is 0 Å². The highest BCUT2D eigenvalue weighted by atomic mass is 16.5. The summed E-state index contributed by atoms with van der Waals surface area (Å²) < 4.78 is 9.68. The molecular weight excluding hydrogens is 961 g/mol. The second kappa shape index (κ2) is 20.4. The second-order valence-electron chi connectivity index (χ2n) is 27.1. The molecule has 0 bridgehead atoms. The molecule has 5 heteroatoms. The molecule has 0 unspecified atom stereocenters. The van der Waals surface area contributed by atoms with Crippen LogP contribution >= 0.6 is 0 Å². The first-order chi connectivity index (χ1) is 37.2. The molecule has 0 fully saturated rings. The van der Waals surface area contributed by atoms with E-state index in [0.29, 0.717) is 18.5 Å². The fourth-order valence-corrected chi connectivity index (χ4v) is 11.6. The summed E-state index contributed by atoms with van der Waals surface area (Å²) in [5.41, 5.74) is 17.7. The summed E-state index contributed by atoms with van der Waals surface area (Å²) in [4.78, 5) is 10.2. The van der Waals surface area contributed by atoms with Crippen molar-refractivity contribution in [3.63, 3.8) is 0 Å². The van der Waals surface area contributed by atoms with E-state index < -0.39 is 0 Å². The van der Waals surface area contributed by atoms with Gasteiger partial charge in [0.2, 0.25) is 0 Å². The molecule has 7 aromatic carbocycles. The zero-order valence-electron chi connectivity index (χ0n) is 50.3. The number of benzene rings is 7. The van der Waals surface area contributed by atoms with Gasteiger partial charge in [-0.1, -0.05) is 209 Å². The molecule has 79 heavy (non-hydrogen) atoms. The number of hydrogen-bond donors (Lipinski definition) is 0. The first kappa shape index (κ1) is 55.0. The van der Waals surface area contributed by atoms with Crippen molar-refractivity contribution in [2.24, 2.45) is 0 Å². The zero-order valence-corrected chi connectivity index (χ0v) is 50.3. The van der Waals surface area contributed by atoms with Crippen molar-refractivity contribution in [3.05, 3.63) is 232 Å². The molecule has 0 aliphatic carbocycles. The van der Waals surface area contributed by atoms with E-state index in [1.54, 1.807) is 0 Å². The molecule has 2 aromatic heterocycles. The van der Waals surface area contributed by atoms with Crippen LogP contribution in [0.15, 0.2) is 176 Å². The van der Waals surface area contributed by atoms with Gasteiger partial charge in [-0.25, -0.2) is 4.98 Å². The van der Waals surface area contributed by atoms with Crippen LogP contribution in [0.4, 0.5) is 11.4 Å². The number of anilines is 2. The lowest BCUT2D eigenvalue weighted by molar-refractivity contribution is 0.480. The van der Waals surface area contributed by atoms with Crippen molar-refractivity contribution < 1.29 is 4.74 Å². The number of ether oxygens (including phenoxy) is 1. The fraction of sp³-hybridized carbons (Fsp3) is 0.338. The molecule has 1 aliphatic heterocycles.